The molecule has 5 nitrogen and oxygen atoms in total. The molecule has 104 valence electrons. The van der Waals surface area contributed by atoms with Crippen LogP contribution in [0.4, 0.5) is 11.4 Å². The second-order valence-corrected chi connectivity index (χ2v) is 5.18. The highest BCUT2D eigenvalue weighted by Gasteiger charge is 2.30. The van der Waals surface area contributed by atoms with Crippen LogP contribution < -0.4 is 10.6 Å². The first kappa shape index (κ1) is 15.0. The predicted octanol–water partition coefficient (Wildman–Crippen LogP) is 2.37. The number of hydrogen-bond donors (Lipinski definition) is 2. The maximum atomic E-state index is 12.4. The fraction of sp³-hybridized carbons (Fsp3) is 0.429. The molecule has 1 rings (SSSR count). The van der Waals surface area contributed by atoms with Crippen LogP contribution in [-0.4, -0.2) is 24.0 Å². The fourth-order valence-corrected chi connectivity index (χ4v) is 1.73. The molecule has 0 radical (unpaired) electrons. The SMILES string of the molecule is CCC(C)(C)C(=O)N(C)c1ccc(N)cc1C(=O)O. The molecule has 1 aromatic rings. The van der Waals surface area contributed by atoms with E-state index in [4.69, 9.17) is 5.73 Å². The van der Waals surface area contributed by atoms with E-state index in [1.54, 1.807) is 19.2 Å². The molecular weight excluding hydrogens is 244 g/mol. The summed E-state index contributed by atoms with van der Waals surface area (Å²) in [6.07, 6.45) is 0.674. The summed E-state index contributed by atoms with van der Waals surface area (Å²) < 4.78 is 0. The highest BCUT2D eigenvalue weighted by Crippen LogP contribution is 2.28. The van der Waals surface area contributed by atoms with Crippen LogP contribution in [0.5, 0.6) is 0 Å². The third-order valence-electron chi connectivity index (χ3n) is 3.38. The molecule has 0 unspecified atom stereocenters. The molecule has 19 heavy (non-hydrogen) atoms. The summed E-state index contributed by atoms with van der Waals surface area (Å²) in [5.41, 5.74) is 5.79. The van der Waals surface area contributed by atoms with Gasteiger partial charge in [-0.25, -0.2) is 4.79 Å². The number of nitrogens with two attached hydrogens (primary N) is 1. The Morgan fingerprint density at radius 2 is 1.95 bits per heavy atom. The van der Waals surface area contributed by atoms with Gasteiger partial charge in [0.15, 0.2) is 0 Å². The van der Waals surface area contributed by atoms with Crippen LogP contribution in [0, 0.1) is 5.41 Å². The summed E-state index contributed by atoms with van der Waals surface area (Å²) in [6, 6.07) is 4.51. The summed E-state index contributed by atoms with van der Waals surface area (Å²) in [6.45, 7) is 5.60. The summed E-state index contributed by atoms with van der Waals surface area (Å²) >= 11 is 0. The standard InChI is InChI=1S/C14H20N2O3/c1-5-14(2,3)13(19)16(4)11-7-6-9(15)8-10(11)12(17)18/h6-8H,5,15H2,1-4H3,(H,17,18). The molecule has 0 heterocycles. The van der Waals surface area contributed by atoms with Crippen LogP contribution in [0.2, 0.25) is 0 Å². The molecule has 1 aromatic carbocycles. The lowest BCUT2D eigenvalue weighted by atomic mass is 9.88. The highest BCUT2D eigenvalue weighted by atomic mass is 16.4. The van der Waals surface area contributed by atoms with Gasteiger partial charge in [0.1, 0.15) is 0 Å². The molecule has 0 atom stereocenters. The quantitative estimate of drug-likeness (QED) is 0.818. The van der Waals surface area contributed by atoms with E-state index >= 15 is 0 Å². The second kappa shape index (κ2) is 5.30. The summed E-state index contributed by atoms with van der Waals surface area (Å²) in [5, 5.41) is 9.19. The van der Waals surface area contributed by atoms with E-state index in [-0.39, 0.29) is 11.5 Å². The van der Waals surface area contributed by atoms with E-state index in [1.807, 2.05) is 20.8 Å². The molecule has 0 saturated heterocycles. The molecule has 3 N–H and O–H groups in total. The Morgan fingerprint density at radius 3 is 2.42 bits per heavy atom. The Balaban J connectivity index is 3.23. The number of anilines is 2. The maximum Gasteiger partial charge on any atom is 0.337 e. The number of carboxylic acid groups (broad SMARTS) is 1. The molecule has 0 aliphatic heterocycles. The zero-order valence-electron chi connectivity index (χ0n) is 11.7. The highest BCUT2D eigenvalue weighted by molar-refractivity contribution is 6.03. The molecular formula is C14H20N2O3. The van der Waals surface area contributed by atoms with Crippen molar-refractivity contribution >= 4 is 23.3 Å². The summed E-state index contributed by atoms with van der Waals surface area (Å²) in [4.78, 5) is 25.0. The summed E-state index contributed by atoms with van der Waals surface area (Å²) in [5.74, 6) is -1.22. The number of hydrogen-bond acceptors (Lipinski definition) is 3. The van der Waals surface area contributed by atoms with Crippen molar-refractivity contribution in [1.29, 1.82) is 0 Å². The van der Waals surface area contributed by atoms with Crippen molar-refractivity contribution in [2.45, 2.75) is 27.2 Å². The fourth-order valence-electron chi connectivity index (χ4n) is 1.73. The molecule has 0 bridgehead atoms. The minimum absolute atomic E-state index is 0.0303. The van der Waals surface area contributed by atoms with Gasteiger partial charge in [-0.1, -0.05) is 20.8 Å². The molecule has 0 saturated carbocycles. The van der Waals surface area contributed by atoms with Gasteiger partial charge in [0, 0.05) is 18.2 Å². The van der Waals surface area contributed by atoms with Crippen molar-refractivity contribution in [2.24, 2.45) is 5.41 Å². The van der Waals surface area contributed by atoms with Crippen LogP contribution in [0.25, 0.3) is 0 Å². The monoisotopic (exact) mass is 264 g/mol. The van der Waals surface area contributed by atoms with E-state index in [9.17, 15) is 14.7 Å². The Kier molecular flexibility index (Phi) is 4.19. The first-order valence-corrected chi connectivity index (χ1v) is 6.11. The maximum absolute atomic E-state index is 12.4. The van der Waals surface area contributed by atoms with Gasteiger partial charge < -0.3 is 15.7 Å². The Hall–Kier alpha value is -2.04. The van der Waals surface area contributed by atoms with Crippen LogP contribution in [0.3, 0.4) is 0 Å². The van der Waals surface area contributed by atoms with Gasteiger partial charge in [0.25, 0.3) is 0 Å². The number of carbonyl (C=O) groups is 2. The lowest BCUT2D eigenvalue weighted by Gasteiger charge is -2.29. The predicted molar refractivity (Wildman–Crippen MR) is 75.3 cm³/mol. The third kappa shape index (κ3) is 3.05. The number of nitrogens with zero attached hydrogens (tertiary/aromatic N) is 1. The zero-order chi connectivity index (χ0) is 14.8. The van der Waals surface area contributed by atoms with Gasteiger partial charge in [-0.15, -0.1) is 0 Å². The van der Waals surface area contributed by atoms with E-state index < -0.39 is 11.4 Å². The third-order valence-corrected chi connectivity index (χ3v) is 3.38. The van der Waals surface area contributed by atoms with Gasteiger partial charge in [-0.3, -0.25) is 4.79 Å². The number of carboxylic acids is 1. The molecule has 0 aromatic heterocycles. The van der Waals surface area contributed by atoms with Crippen molar-refractivity contribution in [3.63, 3.8) is 0 Å². The normalized spacial score (nSPS) is 11.2. The lowest BCUT2D eigenvalue weighted by Crippen LogP contribution is -2.38. The van der Waals surface area contributed by atoms with Crippen LogP contribution >= 0.6 is 0 Å². The lowest BCUT2D eigenvalue weighted by molar-refractivity contribution is -0.126. The number of rotatable bonds is 4. The average Bonchev–Trinajstić information content (AvgIpc) is 2.36. The van der Waals surface area contributed by atoms with Crippen molar-refractivity contribution in [3.05, 3.63) is 23.8 Å². The number of aromatic carboxylic acids is 1. The van der Waals surface area contributed by atoms with E-state index in [2.05, 4.69) is 0 Å². The molecule has 0 aliphatic carbocycles. The van der Waals surface area contributed by atoms with Crippen LogP contribution in [0.15, 0.2) is 18.2 Å². The van der Waals surface area contributed by atoms with Crippen LogP contribution in [-0.2, 0) is 4.79 Å². The first-order chi connectivity index (χ1) is 8.70. The molecule has 0 spiro atoms. The minimum Gasteiger partial charge on any atom is -0.478 e. The van der Waals surface area contributed by atoms with Crippen molar-refractivity contribution in [3.8, 4) is 0 Å². The number of benzene rings is 1. The Morgan fingerprint density at radius 1 is 1.37 bits per heavy atom. The van der Waals surface area contributed by atoms with Gasteiger partial charge in [-0.05, 0) is 24.6 Å². The molecule has 1 amide bonds. The zero-order valence-corrected chi connectivity index (χ0v) is 11.7. The Labute approximate surface area is 113 Å². The van der Waals surface area contributed by atoms with Crippen molar-refractivity contribution in [2.75, 3.05) is 17.7 Å². The Bertz CT molecular complexity index is 509. The molecule has 0 aliphatic rings. The number of nitrogen functional groups attached to an aromatic ring is 1. The van der Waals surface area contributed by atoms with E-state index in [1.165, 1.54) is 11.0 Å². The number of amides is 1. The largest absolute Gasteiger partial charge is 0.478 e. The van der Waals surface area contributed by atoms with E-state index in [0.29, 0.717) is 17.8 Å². The number of carbonyl (C=O) groups excluding carboxylic acids is 1. The van der Waals surface area contributed by atoms with Crippen molar-refractivity contribution < 1.29 is 14.7 Å². The van der Waals surface area contributed by atoms with Gasteiger partial charge in [0.05, 0.1) is 11.3 Å². The van der Waals surface area contributed by atoms with Gasteiger partial charge >= 0.3 is 5.97 Å². The van der Waals surface area contributed by atoms with Gasteiger partial charge in [-0.2, -0.15) is 0 Å². The first-order valence-electron chi connectivity index (χ1n) is 6.11. The van der Waals surface area contributed by atoms with E-state index in [0.717, 1.165) is 0 Å². The van der Waals surface area contributed by atoms with Crippen LogP contribution in [0.1, 0.15) is 37.6 Å². The molecule has 5 heteroatoms. The van der Waals surface area contributed by atoms with Gasteiger partial charge in [0.2, 0.25) is 5.91 Å². The second-order valence-electron chi connectivity index (χ2n) is 5.18. The summed E-state index contributed by atoms with van der Waals surface area (Å²) in [7, 11) is 1.58. The van der Waals surface area contributed by atoms with Crippen molar-refractivity contribution in [1.82, 2.24) is 0 Å². The average molecular weight is 264 g/mol. The topological polar surface area (TPSA) is 83.6 Å². The molecule has 0 fully saturated rings. The minimum atomic E-state index is -1.10. The smallest absolute Gasteiger partial charge is 0.337 e.